The Morgan fingerprint density at radius 2 is 2.06 bits per heavy atom. The minimum Gasteiger partial charge on any atom is -0.332 e. The maximum Gasteiger partial charge on any atom is 0.254 e. The van der Waals surface area contributed by atoms with E-state index in [1.54, 1.807) is 0 Å². The fourth-order valence-electron chi connectivity index (χ4n) is 2.50. The van der Waals surface area contributed by atoms with Crippen LogP contribution in [0.5, 0.6) is 0 Å². The lowest BCUT2D eigenvalue weighted by atomic mass is 10.0. The van der Waals surface area contributed by atoms with Gasteiger partial charge in [0, 0.05) is 31.7 Å². The molecule has 4 heteroatoms. The van der Waals surface area contributed by atoms with E-state index in [2.05, 4.69) is 11.4 Å². The second-order valence-electron chi connectivity index (χ2n) is 4.97. The summed E-state index contributed by atoms with van der Waals surface area (Å²) in [6.45, 7) is 6.89. The Balaban J connectivity index is 2.23. The van der Waals surface area contributed by atoms with E-state index in [0.29, 0.717) is 6.54 Å². The Hall–Kier alpha value is -1.39. The molecule has 1 aromatic carbocycles. The molecule has 0 aliphatic carbocycles. The zero-order valence-electron chi connectivity index (χ0n) is 11.1. The molecule has 4 nitrogen and oxygen atoms in total. The van der Waals surface area contributed by atoms with Crippen LogP contribution in [0.15, 0.2) is 18.2 Å². The number of nitrogens with two attached hydrogens (primary N) is 1. The molecule has 0 radical (unpaired) electrons. The van der Waals surface area contributed by atoms with Crippen LogP contribution in [0.3, 0.4) is 0 Å². The minimum absolute atomic E-state index is 0.0961. The zero-order valence-corrected chi connectivity index (χ0v) is 11.1. The van der Waals surface area contributed by atoms with Crippen LogP contribution in [-0.2, 0) is 0 Å². The summed E-state index contributed by atoms with van der Waals surface area (Å²) in [7, 11) is 0. The highest BCUT2D eigenvalue weighted by atomic mass is 16.2. The second-order valence-corrected chi connectivity index (χ2v) is 4.97. The fraction of sp³-hybridized carbons (Fsp3) is 0.500. The van der Waals surface area contributed by atoms with Gasteiger partial charge in [0.25, 0.3) is 5.91 Å². The van der Waals surface area contributed by atoms with Crippen molar-refractivity contribution in [2.24, 2.45) is 5.73 Å². The first-order valence-corrected chi connectivity index (χ1v) is 6.42. The zero-order chi connectivity index (χ0) is 13.1. The van der Waals surface area contributed by atoms with Crippen LogP contribution >= 0.6 is 0 Å². The van der Waals surface area contributed by atoms with Gasteiger partial charge in [-0.15, -0.1) is 0 Å². The van der Waals surface area contributed by atoms with Gasteiger partial charge in [-0.25, -0.2) is 0 Å². The molecule has 1 fully saturated rings. The molecule has 1 aromatic rings. The average molecular weight is 247 g/mol. The number of carbonyl (C=O) groups is 1. The second kappa shape index (κ2) is 5.50. The summed E-state index contributed by atoms with van der Waals surface area (Å²) >= 11 is 0. The molecule has 1 aliphatic rings. The van der Waals surface area contributed by atoms with E-state index >= 15 is 0 Å². The molecular formula is C14H21N3O. The number of nitrogens with zero attached hydrogens (tertiary/aromatic N) is 1. The van der Waals surface area contributed by atoms with Crippen molar-refractivity contribution in [2.75, 3.05) is 26.2 Å². The first kappa shape index (κ1) is 13.1. The number of hydrogen-bond acceptors (Lipinski definition) is 3. The summed E-state index contributed by atoms with van der Waals surface area (Å²) in [5, 5.41) is 3.27. The van der Waals surface area contributed by atoms with E-state index in [0.717, 1.165) is 36.3 Å². The third kappa shape index (κ3) is 2.71. The molecule has 0 bridgehead atoms. The molecule has 1 aliphatic heterocycles. The monoisotopic (exact) mass is 247 g/mol. The molecule has 1 unspecified atom stereocenters. The molecule has 0 saturated carbocycles. The van der Waals surface area contributed by atoms with Crippen LogP contribution in [0.4, 0.5) is 0 Å². The van der Waals surface area contributed by atoms with Gasteiger partial charge >= 0.3 is 0 Å². The van der Waals surface area contributed by atoms with Gasteiger partial charge in [0.1, 0.15) is 0 Å². The number of rotatable bonds is 2. The summed E-state index contributed by atoms with van der Waals surface area (Å²) in [5.74, 6) is 0.0961. The molecule has 98 valence electrons. The Kier molecular flexibility index (Phi) is 3.99. The number of piperazine rings is 1. The van der Waals surface area contributed by atoms with Crippen molar-refractivity contribution in [2.45, 2.75) is 19.9 Å². The highest BCUT2D eigenvalue weighted by Crippen LogP contribution is 2.14. The Bertz CT molecular complexity index is 424. The van der Waals surface area contributed by atoms with Gasteiger partial charge in [-0.05, 0) is 26.0 Å². The lowest BCUT2D eigenvalue weighted by Gasteiger charge is -2.35. The summed E-state index contributed by atoms with van der Waals surface area (Å²) in [6, 6.07) is 6.08. The first-order valence-electron chi connectivity index (χ1n) is 6.42. The Morgan fingerprint density at radius 3 is 2.67 bits per heavy atom. The SMILES string of the molecule is Cc1cc(C)cc(C(=O)N2CCNCC2CN)c1. The fourth-order valence-corrected chi connectivity index (χ4v) is 2.50. The number of nitrogens with one attached hydrogen (secondary N) is 1. The van der Waals surface area contributed by atoms with E-state index in [1.165, 1.54) is 0 Å². The Morgan fingerprint density at radius 1 is 1.39 bits per heavy atom. The molecule has 1 saturated heterocycles. The average Bonchev–Trinajstić information content (AvgIpc) is 2.36. The van der Waals surface area contributed by atoms with E-state index in [9.17, 15) is 4.79 Å². The molecule has 1 heterocycles. The van der Waals surface area contributed by atoms with Gasteiger partial charge in [-0.3, -0.25) is 4.79 Å². The number of benzene rings is 1. The van der Waals surface area contributed by atoms with Crippen molar-refractivity contribution in [1.82, 2.24) is 10.2 Å². The smallest absolute Gasteiger partial charge is 0.254 e. The van der Waals surface area contributed by atoms with Gasteiger partial charge in [0.2, 0.25) is 0 Å². The minimum atomic E-state index is 0.0961. The van der Waals surface area contributed by atoms with Gasteiger partial charge in [0.15, 0.2) is 0 Å². The van der Waals surface area contributed by atoms with E-state index in [1.807, 2.05) is 30.9 Å². The summed E-state index contributed by atoms with van der Waals surface area (Å²) < 4.78 is 0. The predicted octanol–water partition coefficient (Wildman–Crippen LogP) is 0.676. The highest BCUT2D eigenvalue weighted by Gasteiger charge is 2.26. The van der Waals surface area contributed by atoms with Crippen molar-refractivity contribution in [3.05, 3.63) is 34.9 Å². The molecule has 0 spiro atoms. The number of carbonyl (C=O) groups excluding carboxylic acids is 1. The van der Waals surface area contributed by atoms with Crippen LogP contribution in [-0.4, -0.2) is 43.0 Å². The summed E-state index contributed by atoms with van der Waals surface area (Å²) in [6.07, 6.45) is 0. The predicted molar refractivity (Wildman–Crippen MR) is 72.7 cm³/mol. The maximum atomic E-state index is 12.5. The van der Waals surface area contributed by atoms with Gasteiger partial charge in [0.05, 0.1) is 6.04 Å². The third-order valence-electron chi connectivity index (χ3n) is 3.35. The number of amides is 1. The van der Waals surface area contributed by atoms with Crippen LogP contribution in [0, 0.1) is 13.8 Å². The first-order chi connectivity index (χ1) is 8.61. The highest BCUT2D eigenvalue weighted by molar-refractivity contribution is 5.95. The quantitative estimate of drug-likeness (QED) is 0.808. The van der Waals surface area contributed by atoms with Crippen molar-refractivity contribution >= 4 is 5.91 Å². The van der Waals surface area contributed by atoms with Crippen molar-refractivity contribution < 1.29 is 4.79 Å². The number of aryl methyl sites for hydroxylation is 2. The Labute approximate surface area is 108 Å². The van der Waals surface area contributed by atoms with E-state index in [-0.39, 0.29) is 11.9 Å². The lowest BCUT2D eigenvalue weighted by Crippen LogP contribution is -2.56. The summed E-state index contributed by atoms with van der Waals surface area (Å²) in [5.41, 5.74) is 8.75. The van der Waals surface area contributed by atoms with E-state index in [4.69, 9.17) is 5.73 Å². The van der Waals surface area contributed by atoms with Crippen molar-refractivity contribution in [1.29, 1.82) is 0 Å². The lowest BCUT2D eigenvalue weighted by molar-refractivity contribution is 0.0644. The van der Waals surface area contributed by atoms with Crippen LogP contribution < -0.4 is 11.1 Å². The standard InChI is InChI=1S/C14H21N3O/c1-10-5-11(2)7-12(6-10)14(18)17-4-3-16-9-13(17)8-15/h5-7,13,16H,3-4,8-9,15H2,1-2H3. The topological polar surface area (TPSA) is 58.4 Å². The van der Waals surface area contributed by atoms with Gasteiger partial charge in [-0.2, -0.15) is 0 Å². The third-order valence-corrected chi connectivity index (χ3v) is 3.35. The molecule has 3 N–H and O–H groups in total. The summed E-state index contributed by atoms with van der Waals surface area (Å²) in [4.78, 5) is 14.4. The van der Waals surface area contributed by atoms with Gasteiger partial charge in [-0.1, -0.05) is 17.2 Å². The molecule has 0 aromatic heterocycles. The maximum absolute atomic E-state index is 12.5. The molecule has 1 amide bonds. The van der Waals surface area contributed by atoms with Crippen LogP contribution in [0.25, 0.3) is 0 Å². The van der Waals surface area contributed by atoms with E-state index < -0.39 is 0 Å². The van der Waals surface area contributed by atoms with Gasteiger partial charge < -0.3 is 16.0 Å². The van der Waals surface area contributed by atoms with Crippen molar-refractivity contribution in [3.8, 4) is 0 Å². The van der Waals surface area contributed by atoms with Crippen LogP contribution in [0.1, 0.15) is 21.5 Å². The molecule has 1 atom stereocenters. The molecule has 18 heavy (non-hydrogen) atoms. The number of hydrogen-bond donors (Lipinski definition) is 2. The normalized spacial score (nSPS) is 19.9. The molecular weight excluding hydrogens is 226 g/mol. The van der Waals surface area contributed by atoms with Crippen molar-refractivity contribution in [3.63, 3.8) is 0 Å². The molecule has 2 rings (SSSR count). The largest absolute Gasteiger partial charge is 0.332 e. The van der Waals surface area contributed by atoms with Crippen LogP contribution in [0.2, 0.25) is 0 Å².